The summed E-state index contributed by atoms with van der Waals surface area (Å²) in [6, 6.07) is 43.7. The van der Waals surface area contributed by atoms with Crippen molar-refractivity contribution in [3.8, 4) is 6.07 Å². The third kappa shape index (κ3) is 33.4. The van der Waals surface area contributed by atoms with Gasteiger partial charge < -0.3 is 41.0 Å². The molecule has 0 saturated heterocycles. The topological polar surface area (TPSA) is 351 Å². The molecule has 27 heteroatoms. The maximum Gasteiger partial charge on any atom is 0.490 e. The second-order valence-corrected chi connectivity index (χ2v) is 21.7. The summed E-state index contributed by atoms with van der Waals surface area (Å²) < 4.78 is 45.7. The number of halogens is 3. The zero-order valence-electron chi connectivity index (χ0n) is 57.2. The molecule has 0 spiro atoms. The van der Waals surface area contributed by atoms with E-state index < -0.39 is 42.1 Å². The molecular formula is C77H85F3N12O12. The molecule has 6 N–H and O–H groups in total. The number of nitrogens with zero attached hydrogens (tertiary/aromatic N) is 8. The molecule has 3 aromatic carbocycles. The number of esters is 3. The van der Waals surface area contributed by atoms with Crippen molar-refractivity contribution in [3.05, 3.63) is 287 Å². The van der Waals surface area contributed by atoms with E-state index in [2.05, 4.69) is 56.7 Å². The number of carbonyl (C=O) groups is 8. The van der Waals surface area contributed by atoms with Gasteiger partial charge in [-0.3, -0.25) is 54.0 Å². The summed E-state index contributed by atoms with van der Waals surface area (Å²) in [5.41, 5.74) is 15.3. The van der Waals surface area contributed by atoms with Gasteiger partial charge in [-0.05, 0) is 199 Å². The highest BCUT2D eigenvalue weighted by Gasteiger charge is 2.38. The van der Waals surface area contributed by atoms with Gasteiger partial charge in [-0.25, -0.2) is 19.2 Å². The summed E-state index contributed by atoms with van der Waals surface area (Å²) in [7, 11) is 3.97. The van der Waals surface area contributed by atoms with E-state index in [-0.39, 0.29) is 31.7 Å². The van der Waals surface area contributed by atoms with E-state index in [0.29, 0.717) is 73.3 Å². The van der Waals surface area contributed by atoms with Crippen molar-refractivity contribution in [3.63, 3.8) is 0 Å². The summed E-state index contributed by atoms with van der Waals surface area (Å²) in [4.78, 5) is 118. The summed E-state index contributed by atoms with van der Waals surface area (Å²) >= 11 is 0. The van der Waals surface area contributed by atoms with Crippen molar-refractivity contribution < 1.29 is 70.8 Å². The monoisotopic (exact) mass is 1430 g/mol. The van der Waals surface area contributed by atoms with Crippen LogP contribution in [0.2, 0.25) is 0 Å². The van der Waals surface area contributed by atoms with Crippen LogP contribution in [0, 0.1) is 11.3 Å². The van der Waals surface area contributed by atoms with Gasteiger partial charge in [0, 0.05) is 119 Å². The molecule has 9 aromatic rings. The number of carbonyl (C=O) groups excluding carboxylic acids is 7. The predicted molar refractivity (Wildman–Crippen MR) is 383 cm³/mol. The van der Waals surface area contributed by atoms with Gasteiger partial charge >= 0.3 is 30.1 Å². The Morgan fingerprint density at radius 3 is 1.12 bits per heavy atom. The van der Waals surface area contributed by atoms with E-state index in [1.54, 1.807) is 147 Å². The third-order valence-electron chi connectivity index (χ3n) is 14.5. The molecule has 6 aromatic heterocycles. The highest BCUT2D eigenvalue weighted by atomic mass is 19.4. The number of benzene rings is 3. The Kier molecular flexibility index (Phi) is 40.9. The first kappa shape index (κ1) is 86.1. The van der Waals surface area contributed by atoms with Crippen LogP contribution in [0.5, 0.6) is 0 Å². The lowest BCUT2D eigenvalue weighted by Crippen LogP contribution is -2.44. The Labute approximate surface area is 602 Å². The highest BCUT2D eigenvalue weighted by Crippen LogP contribution is 2.20. The minimum Gasteiger partial charge on any atom is -0.475 e. The van der Waals surface area contributed by atoms with Crippen molar-refractivity contribution in [1.29, 1.82) is 5.26 Å². The molecule has 0 saturated carbocycles. The SMILES string of the molecule is C.COC(=O)c1ccc(C(NCCc2ccncc2)C(=O)N(CCc2ccncc2)C(C)=O)cc1.COC(=O)c1ccc(C(NCCc2ccncc2)C(=O)NCCc2ccncc2)cc1.COC(=O)c1ccc(C=O)cc1.N#CCCc1ccncc1.NCCc1ccncc1.O=C(O)C(F)(F)F. The van der Waals surface area contributed by atoms with Crippen LogP contribution in [0.15, 0.2) is 220 Å². The van der Waals surface area contributed by atoms with E-state index in [0.717, 1.165) is 59.8 Å². The average molecular weight is 1430 g/mol. The number of pyridine rings is 6. The van der Waals surface area contributed by atoms with Gasteiger partial charge in [-0.15, -0.1) is 0 Å². The van der Waals surface area contributed by atoms with Crippen molar-refractivity contribution in [2.24, 2.45) is 5.73 Å². The average Bonchev–Trinajstić information content (AvgIpc) is 0.814. The van der Waals surface area contributed by atoms with Gasteiger partial charge in [-0.1, -0.05) is 43.8 Å². The molecule has 0 bridgehead atoms. The number of aryl methyl sites for hydroxylation is 1. The van der Waals surface area contributed by atoms with Crippen molar-refractivity contribution in [2.45, 2.75) is 77.6 Å². The largest absolute Gasteiger partial charge is 0.490 e. The van der Waals surface area contributed by atoms with Crippen molar-refractivity contribution >= 4 is 47.9 Å². The molecule has 6 heterocycles. The van der Waals surface area contributed by atoms with E-state index in [1.807, 2.05) is 72.8 Å². The van der Waals surface area contributed by atoms with E-state index in [4.69, 9.17) is 30.4 Å². The molecule has 104 heavy (non-hydrogen) atoms. The number of hydrogen-bond donors (Lipinski definition) is 5. The van der Waals surface area contributed by atoms with Crippen molar-refractivity contribution in [1.82, 2.24) is 50.8 Å². The Hall–Kier alpha value is -12.1. The number of hydrogen-bond acceptors (Lipinski definition) is 21. The van der Waals surface area contributed by atoms with Crippen LogP contribution in [0.25, 0.3) is 0 Å². The maximum atomic E-state index is 13.6. The second kappa shape index (κ2) is 49.4. The lowest BCUT2D eigenvalue weighted by atomic mass is 10.0. The minimum atomic E-state index is -5.08. The van der Waals surface area contributed by atoms with Gasteiger partial charge in [0.25, 0.3) is 5.91 Å². The van der Waals surface area contributed by atoms with Crippen LogP contribution >= 0.6 is 0 Å². The number of imide groups is 1. The molecule has 2 atom stereocenters. The standard InChI is InChI=1S/C26H28N4O4.C24H26N4O3.C9H8O3.C8H8N2.C7H10N2.C2HF3O2.CH4/c1-19(31)30(18-12-21-9-15-28-16-10-21)25(32)24(29-17-11-20-7-13-27-14-8-20)22-3-5-23(6-4-22)26(33)34-2;1-31-24(30)21-4-2-20(3-5-21)22(27-16-10-18-6-12-25-13-7-18)23(29)28-17-11-19-8-14-26-15-9-19;1-12-9(11)8-4-2-7(6-10)3-5-8;9-5-1-2-8-3-6-10-7-4-8;8-4-1-7-2-5-9-6-3-7;3-2(4,5)1(6)7;/h3-10,13-16,24,29H,11-12,17-18H2,1-2H3;2-9,12-15,22,27H,10-11,16-17H2,1H3,(H,28,29);2-6H,1H3;3-4,6-7H,1-2H2;2-3,5-6H,1,4,8H2;(H,6,7);1H4. The lowest BCUT2D eigenvalue weighted by Gasteiger charge is -2.26. The summed E-state index contributed by atoms with van der Waals surface area (Å²) in [5.74, 6) is -4.80. The predicted octanol–water partition coefficient (Wildman–Crippen LogP) is 9.93. The quantitative estimate of drug-likeness (QED) is 0.0191. The number of carboxylic acids is 1. The van der Waals surface area contributed by atoms with Gasteiger partial charge in [0.15, 0.2) is 0 Å². The maximum absolute atomic E-state index is 13.6. The Morgan fingerprint density at radius 2 is 0.808 bits per heavy atom. The zero-order chi connectivity index (χ0) is 75.0. The Bertz CT molecular complexity index is 4010. The fraction of sp³-hybridized carbons (Fsp3) is 0.260. The first-order valence-electron chi connectivity index (χ1n) is 32.0. The lowest BCUT2D eigenvalue weighted by molar-refractivity contribution is -0.192. The normalized spacial score (nSPS) is 10.6. The van der Waals surface area contributed by atoms with Crippen molar-refractivity contribution in [2.75, 3.05) is 54.1 Å². The summed E-state index contributed by atoms with van der Waals surface area (Å²) in [6.45, 7) is 4.00. The Morgan fingerprint density at radius 1 is 0.500 bits per heavy atom. The van der Waals surface area contributed by atoms with Gasteiger partial charge in [-0.2, -0.15) is 18.4 Å². The number of aliphatic carboxylic acids is 1. The molecule has 0 radical (unpaired) electrons. The molecule has 0 fully saturated rings. The minimum absolute atomic E-state index is 0. The first-order valence-corrected chi connectivity index (χ1v) is 32.0. The first-order chi connectivity index (χ1) is 49.7. The summed E-state index contributed by atoms with van der Waals surface area (Å²) in [6.07, 6.45) is 21.6. The second-order valence-electron chi connectivity index (χ2n) is 21.7. The molecule has 0 aliphatic carbocycles. The van der Waals surface area contributed by atoms with E-state index >= 15 is 0 Å². The molecule has 0 aliphatic heterocycles. The van der Waals surface area contributed by atoms with Crippen LogP contribution in [-0.2, 0) is 71.9 Å². The third-order valence-corrected chi connectivity index (χ3v) is 14.5. The number of amides is 3. The smallest absolute Gasteiger partial charge is 0.475 e. The number of ether oxygens (including phenoxy) is 3. The molecule has 2 unspecified atom stereocenters. The number of nitriles is 1. The molecule has 0 aliphatic rings. The fourth-order valence-electron chi connectivity index (χ4n) is 9.02. The number of methoxy groups -OCH3 is 3. The fourth-order valence-corrected chi connectivity index (χ4v) is 9.02. The number of aldehydes is 1. The number of nitrogens with one attached hydrogen (secondary N) is 3. The number of carboxylic acid groups (broad SMARTS) is 1. The molecule has 546 valence electrons. The van der Waals surface area contributed by atoms with Crippen LogP contribution in [0.3, 0.4) is 0 Å². The summed E-state index contributed by atoms with van der Waals surface area (Å²) in [5, 5.41) is 25.0. The van der Waals surface area contributed by atoms with Crippen LogP contribution in [0.1, 0.15) is 119 Å². The number of nitrogens with two attached hydrogens (primary N) is 1. The highest BCUT2D eigenvalue weighted by molar-refractivity contribution is 5.98. The number of aromatic nitrogens is 6. The Balaban J connectivity index is 0.000000360. The number of alkyl halides is 3. The van der Waals surface area contributed by atoms with Gasteiger partial charge in [0.05, 0.1) is 44.1 Å². The van der Waals surface area contributed by atoms with E-state index in [1.165, 1.54) is 44.3 Å². The van der Waals surface area contributed by atoms with Crippen LogP contribution < -0.4 is 21.7 Å². The van der Waals surface area contributed by atoms with Crippen LogP contribution in [-0.4, -0.2) is 148 Å². The van der Waals surface area contributed by atoms with Crippen LogP contribution in [0.4, 0.5) is 13.2 Å². The van der Waals surface area contributed by atoms with Gasteiger partial charge in [0.1, 0.15) is 18.4 Å². The molecule has 24 nitrogen and oxygen atoms in total. The molecular weight excluding hydrogens is 1340 g/mol. The van der Waals surface area contributed by atoms with Gasteiger partial charge in [0.2, 0.25) is 11.8 Å². The molecule has 3 amide bonds. The van der Waals surface area contributed by atoms with E-state index in [9.17, 15) is 46.7 Å². The zero-order valence-corrected chi connectivity index (χ0v) is 57.2. The molecule has 9 rings (SSSR count). The number of rotatable bonds is 26.